The van der Waals surface area contributed by atoms with Crippen molar-refractivity contribution in [2.45, 2.75) is 57.5 Å². The van der Waals surface area contributed by atoms with Gasteiger partial charge in [0.2, 0.25) is 0 Å². The first-order valence-corrected chi connectivity index (χ1v) is 8.37. The molecule has 0 amide bonds. The van der Waals surface area contributed by atoms with E-state index >= 15 is 0 Å². The predicted molar refractivity (Wildman–Crippen MR) is 84.9 cm³/mol. The first kappa shape index (κ1) is 14.4. The van der Waals surface area contributed by atoms with Crippen molar-refractivity contribution in [1.29, 1.82) is 0 Å². The molecular formula is C16H24N2S. The van der Waals surface area contributed by atoms with E-state index in [0.717, 1.165) is 16.2 Å². The zero-order valence-electron chi connectivity index (χ0n) is 12.0. The minimum Gasteiger partial charge on any atom is -0.333 e. The average molecular weight is 276 g/mol. The number of fused-ring (bicyclic) bond motifs is 1. The number of rotatable bonds is 8. The fourth-order valence-corrected chi connectivity index (χ4v) is 3.11. The van der Waals surface area contributed by atoms with E-state index < -0.39 is 0 Å². The lowest BCUT2D eigenvalue weighted by Crippen LogP contribution is -1.83. The number of aromatic nitrogens is 2. The van der Waals surface area contributed by atoms with Crippen LogP contribution in [0.4, 0.5) is 0 Å². The van der Waals surface area contributed by atoms with Crippen LogP contribution in [-0.2, 0) is 0 Å². The molecule has 2 aromatic rings. The largest absolute Gasteiger partial charge is 0.333 e. The number of unbranched alkanes of at least 4 members (excludes halogenated alkanes) is 5. The fraction of sp³-hybridized carbons (Fsp3) is 0.562. The van der Waals surface area contributed by atoms with Crippen molar-refractivity contribution in [3.05, 3.63) is 23.8 Å². The van der Waals surface area contributed by atoms with Crippen molar-refractivity contribution in [2.24, 2.45) is 0 Å². The number of aromatic amines is 1. The Hall–Kier alpha value is -0.960. The number of benzene rings is 1. The van der Waals surface area contributed by atoms with Gasteiger partial charge in [-0.3, -0.25) is 0 Å². The Bertz CT molecular complexity index is 504. The van der Waals surface area contributed by atoms with Crippen LogP contribution in [-0.4, -0.2) is 15.7 Å². The summed E-state index contributed by atoms with van der Waals surface area (Å²) < 4.78 is 0. The van der Waals surface area contributed by atoms with Crippen LogP contribution in [0, 0.1) is 6.92 Å². The summed E-state index contributed by atoms with van der Waals surface area (Å²) in [6.45, 7) is 4.38. The summed E-state index contributed by atoms with van der Waals surface area (Å²) in [6.07, 6.45) is 8.14. The number of H-pyrrole nitrogens is 1. The lowest BCUT2D eigenvalue weighted by Gasteiger charge is -1.99. The molecule has 1 aromatic heterocycles. The van der Waals surface area contributed by atoms with Crippen LogP contribution in [0.3, 0.4) is 0 Å². The highest BCUT2D eigenvalue weighted by atomic mass is 32.2. The van der Waals surface area contributed by atoms with E-state index in [4.69, 9.17) is 0 Å². The number of aryl methyl sites for hydroxylation is 1. The monoisotopic (exact) mass is 276 g/mol. The van der Waals surface area contributed by atoms with Crippen LogP contribution in [0.25, 0.3) is 11.0 Å². The molecular weight excluding hydrogens is 252 g/mol. The van der Waals surface area contributed by atoms with Gasteiger partial charge in [-0.15, -0.1) is 0 Å². The van der Waals surface area contributed by atoms with Gasteiger partial charge in [0.25, 0.3) is 0 Å². The van der Waals surface area contributed by atoms with Crippen molar-refractivity contribution >= 4 is 22.8 Å². The number of hydrogen-bond donors (Lipinski definition) is 1. The maximum atomic E-state index is 4.61. The first-order chi connectivity index (χ1) is 9.29. The second-order valence-electron chi connectivity index (χ2n) is 5.18. The topological polar surface area (TPSA) is 28.7 Å². The molecule has 0 saturated carbocycles. The van der Waals surface area contributed by atoms with E-state index in [1.54, 1.807) is 0 Å². The van der Waals surface area contributed by atoms with Crippen molar-refractivity contribution in [2.75, 3.05) is 5.75 Å². The van der Waals surface area contributed by atoms with Crippen LogP contribution in [0.5, 0.6) is 0 Å². The molecule has 19 heavy (non-hydrogen) atoms. The van der Waals surface area contributed by atoms with E-state index in [1.165, 1.54) is 49.8 Å². The van der Waals surface area contributed by atoms with Crippen LogP contribution in [0.15, 0.2) is 23.4 Å². The van der Waals surface area contributed by atoms with Crippen molar-refractivity contribution in [3.8, 4) is 0 Å². The standard InChI is InChI=1S/C16H24N2S/c1-3-4-5-6-7-8-11-19-16-17-14-10-9-13(2)12-15(14)18-16/h9-10,12H,3-8,11H2,1-2H3,(H,17,18). The van der Waals surface area contributed by atoms with E-state index in [2.05, 4.69) is 42.0 Å². The Kier molecular flexibility index (Phi) is 5.77. The van der Waals surface area contributed by atoms with Gasteiger partial charge in [-0.25, -0.2) is 4.98 Å². The van der Waals surface area contributed by atoms with Crippen molar-refractivity contribution < 1.29 is 0 Å². The number of hydrogen-bond acceptors (Lipinski definition) is 2. The highest BCUT2D eigenvalue weighted by Crippen LogP contribution is 2.21. The fourth-order valence-electron chi connectivity index (χ4n) is 2.22. The van der Waals surface area contributed by atoms with Crippen LogP contribution < -0.4 is 0 Å². The number of thioether (sulfide) groups is 1. The zero-order chi connectivity index (χ0) is 13.5. The second kappa shape index (κ2) is 7.59. The molecule has 104 valence electrons. The molecule has 0 aliphatic carbocycles. The van der Waals surface area contributed by atoms with Gasteiger partial charge in [0.05, 0.1) is 11.0 Å². The van der Waals surface area contributed by atoms with E-state index in [0.29, 0.717) is 0 Å². The molecule has 0 atom stereocenters. The molecule has 0 radical (unpaired) electrons. The summed E-state index contributed by atoms with van der Waals surface area (Å²) in [5, 5.41) is 1.06. The van der Waals surface area contributed by atoms with Gasteiger partial charge >= 0.3 is 0 Å². The smallest absolute Gasteiger partial charge is 0.166 e. The molecule has 0 spiro atoms. The second-order valence-corrected chi connectivity index (χ2v) is 6.26. The molecule has 0 bridgehead atoms. The average Bonchev–Trinajstić information content (AvgIpc) is 2.79. The SMILES string of the molecule is CCCCCCCCSc1nc2ccc(C)cc2[nH]1. The third-order valence-corrected chi connectivity index (χ3v) is 4.31. The van der Waals surface area contributed by atoms with Crippen LogP contribution in [0.1, 0.15) is 51.0 Å². The first-order valence-electron chi connectivity index (χ1n) is 7.39. The van der Waals surface area contributed by atoms with Gasteiger partial charge in [0.15, 0.2) is 5.16 Å². The summed E-state index contributed by atoms with van der Waals surface area (Å²) >= 11 is 1.85. The maximum Gasteiger partial charge on any atom is 0.166 e. The number of nitrogens with zero attached hydrogens (tertiary/aromatic N) is 1. The minimum atomic E-state index is 1.06. The molecule has 3 heteroatoms. The van der Waals surface area contributed by atoms with Crippen LogP contribution >= 0.6 is 11.8 Å². The van der Waals surface area contributed by atoms with Gasteiger partial charge < -0.3 is 4.98 Å². The van der Waals surface area contributed by atoms with Crippen molar-refractivity contribution in [1.82, 2.24) is 9.97 Å². The molecule has 2 rings (SSSR count). The Morgan fingerprint density at radius 2 is 1.89 bits per heavy atom. The minimum absolute atomic E-state index is 1.06. The highest BCUT2D eigenvalue weighted by Gasteiger charge is 2.03. The zero-order valence-corrected chi connectivity index (χ0v) is 12.9. The molecule has 0 aliphatic heterocycles. The molecule has 0 fully saturated rings. The molecule has 0 aliphatic rings. The van der Waals surface area contributed by atoms with Crippen LogP contribution in [0.2, 0.25) is 0 Å². The maximum absolute atomic E-state index is 4.61. The normalized spacial score (nSPS) is 11.3. The molecule has 0 saturated heterocycles. The van der Waals surface area contributed by atoms with Gasteiger partial charge in [-0.05, 0) is 31.0 Å². The predicted octanol–water partition coefficient (Wildman–Crippen LogP) is 5.32. The molecule has 2 nitrogen and oxygen atoms in total. The third kappa shape index (κ3) is 4.57. The molecule has 1 N–H and O–H groups in total. The summed E-state index contributed by atoms with van der Waals surface area (Å²) in [6, 6.07) is 6.37. The van der Waals surface area contributed by atoms with Gasteiger partial charge in [-0.1, -0.05) is 56.9 Å². The van der Waals surface area contributed by atoms with E-state index in [1.807, 2.05) is 11.8 Å². The molecule has 1 aromatic carbocycles. The summed E-state index contributed by atoms with van der Waals surface area (Å²) in [5.74, 6) is 1.17. The Balaban J connectivity index is 1.72. The van der Waals surface area contributed by atoms with E-state index in [-0.39, 0.29) is 0 Å². The Morgan fingerprint density at radius 1 is 1.11 bits per heavy atom. The Morgan fingerprint density at radius 3 is 2.74 bits per heavy atom. The van der Waals surface area contributed by atoms with Gasteiger partial charge in [-0.2, -0.15) is 0 Å². The van der Waals surface area contributed by atoms with Gasteiger partial charge in [0.1, 0.15) is 0 Å². The summed E-state index contributed by atoms with van der Waals surface area (Å²) in [7, 11) is 0. The van der Waals surface area contributed by atoms with Gasteiger partial charge in [0, 0.05) is 5.75 Å². The van der Waals surface area contributed by atoms with Crippen molar-refractivity contribution in [3.63, 3.8) is 0 Å². The quantitative estimate of drug-likeness (QED) is 0.522. The summed E-state index contributed by atoms with van der Waals surface area (Å²) in [5.41, 5.74) is 3.52. The lowest BCUT2D eigenvalue weighted by atomic mass is 10.1. The number of nitrogens with one attached hydrogen (secondary N) is 1. The molecule has 0 unspecified atom stereocenters. The highest BCUT2D eigenvalue weighted by molar-refractivity contribution is 7.99. The lowest BCUT2D eigenvalue weighted by molar-refractivity contribution is 0.627. The van der Waals surface area contributed by atoms with E-state index in [9.17, 15) is 0 Å². The molecule has 1 heterocycles. The summed E-state index contributed by atoms with van der Waals surface area (Å²) in [4.78, 5) is 8.01. The number of imidazole rings is 1. The Labute approximate surface area is 120 Å². The third-order valence-electron chi connectivity index (χ3n) is 3.35.